The lowest BCUT2D eigenvalue weighted by atomic mass is 9.97. The maximum absolute atomic E-state index is 6.65. The lowest BCUT2D eigenvalue weighted by Gasteiger charge is -2.23. The van der Waals surface area contributed by atoms with Gasteiger partial charge < -0.3 is 4.74 Å². The molecule has 1 nitrogen and oxygen atoms in total. The van der Waals surface area contributed by atoms with Crippen LogP contribution in [0.1, 0.15) is 43.0 Å². The third-order valence-electron chi connectivity index (χ3n) is 4.18. The number of fused-ring (bicyclic) bond motifs is 1. The third-order valence-corrected chi connectivity index (χ3v) is 4.63. The van der Waals surface area contributed by atoms with Gasteiger partial charge in [0.15, 0.2) is 0 Å². The Bertz CT molecular complexity index is 555. The molecule has 0 amide bonds. The Morgan fingerprint density at radius 2 is 1.95 bits per heavy atom. The molecule has 0 spiro atoms. The van der Waals surface area contributed by atoms with Crippen molar-refractivity contribution in [1.29, 1.82) is 0 Å². The highest BCUT2D eigenvalue weighted by Gasteiger charge is 2.17. The van der Waals surface area contributed by atoms with Crippen molar-refractivity contribution in [3.05, 3.63) is 48.0 Å². The number of rotatable bonds is 4. The van der Waals surface area contributed by atoms with Gasteiger partial charge in [0.25, 0.3) is 0 Å². The lowest BCUT2D eigenvalue weighted by Crippen LogP contribution is -2.19. The first-order valence-corrected chi connectivity index (χ1v) is 8.01. The third kappa shape index (κ3) is 3.16. The lowest BCUT2D eigenvalue weighted by molar-refractivity contribution is 0.0100. The van der Waals surface area contributed by atoms with Crippen molar-refractivity contribution in [2.45, 2.75) is 43.6 Å². The van der Waals surface area contributed by atoms with E-state index in [4.69, 9.17) is 16.3 Å². The van der Waals surface area contributed by atoms with Crippen LogP contribution in [0.3, 0.4) is 0 Å². The summed E-state index contributed by atoms with van der Waals surface area (Å²) < 4.78 is 5.79. The van der Waals surface area contributed by atoms with Crippen LogP contribution in [-0.4, -0.2) is 12.7 Å². The summed E-state index contributed by atoms with van der Waals surface area (Å²) in [6, 6.07) is 14.9. The maximum Gasteiger partial charge on any atom is 0.0592 e. The average molecular weight is 289 g/mol. The van der Waals surface area contributed by atoms with E-state index in [-0.39, 0.29) is 5.38 Å². The molecule has 0 aromatic heterocycles. The number of halogens is 1. The molecular formula is C18H21ClO. The molecule has 0 N–H and O–H groups in total. The van der Waals surface area contributed by atoms with E-state index in [9.17, 15) is 0 Å². The van der Waals surface area contributed by atoms with Gasteiger partial charge in [-0.15, -0.1) is 11.6 Å². The molecule has 2 heteroatoms. The van der Waals surface area contributed by atoms with Gasteiger partial charge >= 0.3 is 0 Å². The van der Waals surface area contributed by atoms with Crippen molar-refractivity contribution in [3.8, 4) is 0 Å². The predicted molar refractivity (Wildman–Crippen MR) is 85.4 cm³/mol. The molecule has 2 atom stereocenters. The van der Waals surface area contributed by atoms with E-state index < -0.39 is 0 Å². The van der Waals surface area contributed by atoms with Crippen molar-refractivity contribution < 1.29 is 4.74 Å². The molecule has 1 heterocycles. The van der Waals surface area contributed by atoms with E-state index in [1.807, 2.05) is 0 Å². The zero-order valence-electron chi connectivity index (χ0n) is 11.7. The summed E-state index contributed by atoms with van der Waals surface area (Å²) in [5, 5.41) is 2.62. The van der Waals surface area contributed by atoms with Crippen LogP contribution in [0.2, 0.25) is 0 Å². The Hall–Kier alpha value is -1.05. The molecule has 0 radical (unpaired) electrons. The number of hydrogen-bond donors (Lipinski definition) is 0. The van der Waals surface area contributed by atoms with Crippen LogP contribution < -0.4 is 0 Å². The molecule has 2 aromatic carbocycles. The van der Waals surface area contributed by atoms with Gasteiger partial charge in [-0.05, 0) is 48.4 Å². The Morgan fingerprint density at radius 1 is 1.10 bits per heavy atom. The van der Waals surface area contributed by atoms with E-state index >= 15 is 0 Å². The molecule has 0 bridgehead atoms. The summed E-state index contributed by atoms with van der Waals surface area (Å²) in [4.78, 5) is 0. The van der Waals surface area contributed by atoms with Gasteiger partial charge in [-0.3, -0.25) is 0 Å². The van der Waals surface area contributed by atoms with E-state index in [1.165, 1.54) is 35.6 Å². The Kier molecular flexibility index (Phi) is 4.59. The smallest absolute Gasteiger partial charge is 0.0592 e. The predicted octanol–water partition coefficient (Wildman–Crippen LogP) is 5.47. The summed E-state index contributed by atoms with van der Waals surface area (Å²) in [7, 11) is 0. The summed E-state index contributed by atoms with van der Waals surface area (Å²) >= 11 is 6.65. The van der Waals surface area contributed by atoms with Crippen LogP contribution in [0.4, 0.5) is 0 Å². The highest BCUT2D eigenvalue weighted by atomic mass is 35.5. The highest BCUT2D eigenvalue weighted by Crippen LogP contribution is 2.33. The van der Waals surface area contributed by atoms with E-state index in [2.05, 4.69) is 42.5 Å². The molecule has 3 rings (SSSR count). The zero-order chi connectivity index (χ0) is 13.8. The minimum Gasteiger partial charge on any atom is -0.378 e. The van der Waals surface area contributed by atoms with E-state index in [1.54, 1.807) is 0 Å². The van der Waals surface area contributed by atoms with Gasteiger partial charge in [-0.25, -0.2) is 0 Å². The fraction of sp³-hybridized carbons (Fsp3) is 0.444. The number of alkyl halides is 1. The molecule has 2 aromatic rings. The summed E-state index contributed by atoms with van der Waals surface area (Å²) in [6.45, 7) is 0.923. The van der Waals surface area contributed by atoms with Crippen LogP contribution >= 0.6 is 11.6 Å². The molecule has 0 aliphatic carbocycles. The summed E-state index contributed by atoms with van der Waals surface area (Å²) in [6.07, 6.45) is 6.17. The number of hydrogen-bond acceptors (Lipinski definition) is 1. The van der Waals surface area contributed by atoms with Gasteiger partial charge in [-0.2, -0.15) is 0 Å². The first-order chi connectivity index (χ1) is 9.84. The standard InChI is InChI=1S/C18H21ClO/c19-18(12-11-15-8-3-4-13-20-15)17-10-5-7-14-6-1-2-9-16(14)17/h1-2,5-7,9-10,15,18H,3-4,8,11-13H2. The molecular weight excluding hydrogens is 268 g/mol. The highest BCUT2D eigenvalue weighted by molar-refractivity contribution is 6.21. The largest absolute Gasteiger partial charge is 0.378 e. The second-order valence-corrected chi connectivity index (χ2v) is 6.13. The maximum atomic E-state index is 6.65. The molecule has 1 saturated heterocycles. The van der Waals surface area contributed by atoms with Crippen LogP contribution in [0.25, 0.3) is 10.8 Å². The topological polar surface area (TPSA) is 9.23 Å². The SMILES string of the molecule is ClC(CCC1CCCCO1)c1cccc2ccccc12. The second-order valence-electron chi connectivity index (χ2n) is 5.60. The Morgan fingerprint density at radius 3 is 2.80 bits per heavy atom. The second kappa shape index (κ2) is 6.60. The molecule has 20 heavy (non-hydrogen) atoms. The molecule has 1 aliphatic rings. The first-order valence-electron chi connectivity index (χ1n) is 7.58. The molecule has 106 valence electrons. The van der Waals surface area contributed by atoms with Crippen LogP contribution in [0, 0.1) is 0 Å². The normalized spacial score (nSPS) is 20.9. The van der Waals surface area contributed by atoms with E-state index in [0.29, 0.717) is 6.10 Å². The summed E-state index contributed by atoms with van der Waals surface area (Å²) in [5.74, 6) is 0. The molecule has 1 fully saturated rings. The summed E-state index contributed by atoms with van der Waals surface area (Å²) in [5.41, 5.74) is 1.25. The fourth-order valence-corrected chi connectivity index (χ4v) is 3.36. The monoisotopic (exact) mass is 288 g/mol. The van der Waals surface area contributed by atoms with Crippen molar-refractivity contribution in [2.75, 3.05) is 6.61 Å². The molecule has 2 unspecified atom stereocenters. The van der Waals surface area contributed by atoms with Crippen molar-refractivity contribution in [2.24, 2.45) is 0 Å². The van der Waals surface area contributed by atoms with Crippen molar-refractivity contribution in [3.63, 3.8) is 0 Å². The molecule has 0 saturated carbocycles. The quantitative estimate of drug-likeness (QED) is 0.678. The fourth-order valence-electron chi connectivity index (χ4n) is 3.05. The van der Waals surface area contributed by atoms with Crippen molar-refractivity contribution >= 4 is 22.4 Å². The van der Waals surface area contributed by atoms with Gasteiger partial charge in [-0.1, -0.05) is 42.5 Å². The number of benzene rings is 2. The Balaban J connectivity index is 1.70. The average Bonchev–Trinajstić information content (AvgIpc) is 2.53. The van der Waals surface area contributed by atoms with Crippen LogP contribution in [0.5, 0.6) is 0 Å². The van der Waals surface area contributed by atoms with Gasteiger partial charge in [0, 0.05) is 6.61 Å². The zero-order valence-corrected chi connectivity index (χ0v) is 12.5. The van der Waals surface area contributed by atoms with Crippen LogP contribution in [0.15, 0.2) is 42.5 Å². The number of ether oxygens (including phenoxy) is 1. The van der Waals surface area contributed by atoms with Crippen molar-refractivity contribution in [1.82, 2.24) is 0 Å². The minimum atomic E-state index is 0.0756. The Labute approximate surface area is 125 Å². The molecule has 1 aliphatic heterocycles. The van der Waals surface area contributed by atoms with Gasteiger partial charge in [0.2, 0.25) is 0 Å². The first kappa shape index (κ1) is 13.9. The van der Waals surface area contributed by atoms with E-state index in [0.717, 1.165) is 19.4 Å². The van der Waals surface area contributed by atoms with Gasteiger partial charge in [0.05, 0.1) is 11.5 Å². The minimum absolute atomic E-state index is 0.0756. The van der Waals surface area contributed by atoms with Crippen LogP contribution in [-0.2, 0) is 4.74 Å². The van der Waals surface area contributed by atoms with Gasteiger partial charge in [0.1, 0.15) is 0 Å².